The molecule has 1 aliphatic heterocycles. The van der Waals surface area contributed by atoms with Crippen LogP contribution in [-0.4, -0.2) is 36.1 Å². The summed E-state index contributed by atoms with van der Waals surface area (Å²) < 4.78 is 0. The fourth-order valence-electron chi connectivity index (χ4n) is 2.13. The molecular weight excluding hydrogens is 216 g/mol. The quantitative estimate of drug-likeness (QED) is 0.775. The third-order valence-electron chi connectivity index (χ3n) is 3.09. The van der Waals surface area contributed by atoms with Crippen LogP contribution in [0.2, 0.25) is 0 Å². The number of carbonyl (C=O) groups excluding carboxylic acids is 1. The Kier molecular flexibility index (Phi) is 3.28. The van der Waals surface area contributed by atoms with Crippen molar-refractivity contribution in [3.8, 4) is 0 Å². The summed E-state index contributed by atoms with van der Waals surface area (Å²) in [6.07, 6.45) is 1.70. The standard InChI is InChI=1S/C12H18N4O/c1-8-7-16(9(2)6-15-8)12-10(11(13)17)4-3-5-14-12/h3-5,8-9,15H,6-7H2,1-2H3,(H2,13,17). The lowest BCUT2D eigenvalue weighted by atomic mass is 10.1. The zero-order valence-corrected chi connectivity index (χ0v) is 10.2. The van der Waals surface area contributed by atoms with Gasteiger partial charge in [-0.1, -0.05) is 0 Å². The van der Waals surface area contributed by atoms with Crippen LogP contribution < -0.4 is 16.0 Å². The van der Waals surface area contributed by atoms with E-state index >= 15 is 0 Å². The smallest absolute Gasteiger partial charge is 0.252 e. The molecule has 2 heterocycles. The van der Waals surface area contributed by atoms with E-state index in [2.05, 4.69) is 29.0 Å². The molecule has 3 N–H and O–H groups in total. The Morgan fingerprint density at radius 1 is 1.59 bits per heavy atom. The molecule has 0 spiro atoms. The molecule has 1 saturated heterocycles. The van der Waals surface area contributed by atoms with Crippen molar-refractivity contribution < 1.29 is 4.79 Å². The maximum Gasteiger partial charge on any atom is 0.252 e. The van der Waals surface area contributed by atoms with Crippen molar-refractivity contribution in [1.29, 1.82) is 0 Å². The minimum Gasteiger partial charge on any atom is -0.365 e. The van der Waals surface area contributed by atoms with Gasteiger partial charge in [0.05, 0.1) is 5.56 Å². The summed E-state index contributed by atoms with van der Waals surface area (Å²) >= 11 is 0. The summed E-state index contributed by atoms with van der Waals surface area (Å²) in [5.74, 6) is 0.271. The number of rotatable bonds is 2. The summed E-state index contributed by atoms with van der Waals surface area (Å²) in [4.78, 5) is 17.8. The van der Waals surface area contributed by atoms with Crippen molar-refractivity contribution >= 4 is 11.7 Å². The number of aromatic nitrogens is 1. The third kappa shape index (κ3) is 2.39. The summed E-state index contributed by atoms with van der Waals surface area (Å²) in [5, 5.41) is 3.39. The number of pyridine rings is 1. The second-order valence-corrected chi connectivity index (χ2v) is 4.55. The molecule has 1 aliphatic rings. The molecule has 1 amide bonds. The maximum atomic E-state index is 11.4. The molecule has 1 aromatic rings. The zero-order valence-electron chi connectivity index (χ0n) is 10.2. The van der Waals surface area contributed by atoms with E-state index in [1.54, 1.807) is 18.3 Å². The maximum absolute atomic E-state index is 11.4. The van der Waals surface area contributed by atoms with E-state index in [0.717, 1.165) is 13.1 Å². The number of anilines is 1. The van der Waals surface area contributed by atoms with E-state index in [9.17, 15) is 4.79 Å². The predicted octanol–water partition coefficient (Wildman–Crippen LogP) is 0.367. The van der Waals surface area contributed by atoms with Gasteiger partial charge in [0.15, 0.2) is 0 Å². The molecule has 0 aliphatic carbocycles. The number of primary amides is 1. The summed E-state index contributed by atoms with van der Waals surface area (Å²) in [7, 11) is 0. The Labute approximate surface area is 101 Å². The van der Waals surface area contributed by atoms with Crippen LogP contribution in [0.1, 0.15) is 24.2 Å². The van der Waals surface area contributed by atoms with Gasteiger partial charge in [-0.25, -0.2) is 4.98 Å². The highest BCUT2D eigenvalue weighted by atomic mass is 16.1. The highest BCUT2D eigenvalue weighted by Crippen LogP contribution is 2.21. The van der Waals surface area contributed by atoms with Gasteiger partial charge in [0.25, 0.3) is 5.91 Å². The number of nitrogens with one attached hydrogen (secondary N) is 1. The molecule has 5 nitrogen and oxygen atoms in total. The molecule has 0 radical (unpaired) electrons. The molecule has 0 bridgehead atoms. The molecule has 1 aromatic heterocycles. The second-order valence-electron chi connectivity index (χ2n) is 4.55. The molecule has 0 aromatic carbocycles. The van der Waals surface area contributed by atoms with Crippen LogP contribution in [-0.2, 0) is 0 Å². The van der Waals surface area contributed by atoms with Crippen molar-refractivity contribution in [3.63, 3.8) is 0 Å². The van der Waals surface area contributed by atoms with Crippen LogP contribution in [0.3, 0.4) is 0 Å². The molecule has 92 valence electrons. The van der Waals surface area contributed by atoms with E-state index in [-0.39, 0.29) is 0 Å². The SMILES string of the molecule is CC1CN(c2ncccc2C(N)=O)C(C)CN1. The largest absolute Gasteiger partial charge is 0.365 e. The van der Waals surface area contributed by atoms with Gasteiger partial charge in [-0.15, -0.1) is 0 Å². The van der Waals surface area contributed by atoms with Crippen LogP contribution >= 0.6 is 0 Å². The van der Waals surface area contributed by atoms with Crippen molar-refractivity contribution in [3.05, 3.63) is 23.9 Å². The van der Waals surface area contributed by atoms with Crippen LogP contribution in [0.25, 0.3) is 0 Å². The molecule has 2 unspecified atom stereocenters. The number of hydrogen-bond acceptors (Lipinski definition) is 4. The third-order valence-corrected chi connectivity index (χ3v) is 3.09. The van der Waals surface area contributed by atoms with E-state index in [1.165, 1.54) is 0 Å². The predicted molar refractivity (Wildman–Crippen MR) is 67.0 cm³/mol. The lowest BCUT2D eigenvalue weighted by Gasteiger charge is -2.38. The fourth-order valence-corrected chi connectivity index (χ4v) is 2.13. The van der Waals surface area contributed by atoms with Crippen LogP contribution in [0.4, 0.5) is 5.82 Å². The van der Waals surface area contributed by atoms with Crippen LogP contribution in [0, 0.1) is 0 Å². The Hall–Kier alpha value is -1.62. The minimum atomic E-state index is -0.425. The normalized spacial score (nSPS) is 24.7. The molecule has 1 fully saturated rings. The topological polar surface area (TPSA) is 71.2 Å². The number of nitrogens with zero attached hydrogens (tertiary/aromatic N) is 2. The lowest BCUT2D eigenvalue weighted by Crippen LogP contribution is -2.55. The molecule has 2 rings (SSSR count). The van der Waals surface area contributed by atoms with Gasteiger partial charge in [0.2, 0.25) is 0 Å². The lowest BCUT2D eigenvalue weighted by molar-refractivity contribution is 0.1000. The summed E-state index contributed by atoms with van der Waals surface area (Å²) in [6, 6.07) is 4.15. The Morgan fingerprint density at radius 3 is 3.06 bits per heavy atom. The van der Waals surface area contributed by atoms with Gasteiger partial charge < -0.3 is 16.0 Å². The molecule has 17 heavy (non-hydrogen) atoms. The summed E-state index contributed by atoms with van der Waals surface area (Å²) in [6.45, 7) is 5.94. The molecule has 2 atom stereocenters. The first-order chi connectivity index (χ1) is 8.09. The first kappa shape index (κ1) is 11.9. The summed E-state index contributed by atoms with van der Waals surface area (Å²) in [5.41, 5.74) is 5.87. The van der Waals surface area contributed by atoms with Crippen LogP contribution in [0.5, 0.6) is 0 Å². The highest BCUT2D eigenvalue weighted by molar-refractivity contribution is 5.97. The van der Waals surface area contributed by atoms with Gasteiger partial charge in [-0.3, -0.25) is 4.79 Å². The zero-order chi connectivity index (χ0) is 12.4. The fraction of sp³-hybridized carbons (Fsp3) is 0.500. The first-order valence-corrected chi connectivity index (χ1v) is 5.84. The monoisotopic (exact) mass is 234 g/mol. The van der Waals surface area contributed by atoms with Gasteiger partial charge in [-0.2, -0.15) is 0 Å². The van der Waals surface area contributed by atoms with Crippen molar-refractivity contribution in [2.75, 3.05) is 18.0 Å². The van der Waals surface area contributed by atoms with E-state index in [1.807, 2.05) is 0 Å². The van der Waals surface area contributed by atoms with Crippen molar-refractivity contribution in [2.45, 2.75) is 25.9 Å². The number of nitrogens with two attached hydrogens (primary N) is 1. The Balaban J connectivity index is 2.35. The minimum absolute atomic E-state index is 0.305. The van der Waals surface area contributed by atoms with E-state index in [4.69, 9.17) is 5.73 Å². The van der Waals surface area contributed by atoms with Crippen LogP contribution in [0.15, 0.2) is 18.3 Å². The Bertz CT molecular complexity index is 421. The van der Waals surface area contributed by atoms with Crippen molar-refractivity contribution in [1.82, 2.24) is 10.3 Å². The molecule has 5 heteroatoms. The van der Waals surface area contributed by atoms with Gasteiger partial charge >= 0.3 is 0 Å². The Morgan fingerprint density at radius 2 is 2.35 bits per heavy atom. The number of hydrogen-bond donors (Lipinski definition) is 2. The van der Waals surface area contributed by atoms with Crippen molar-refractivity contribution in [2.24, 2.45) is 5.73 Å². The van der Waals surface area contributed by atoms with Gasteiger partial charge in [0.1, 0.15) is 5.82 Å². The number of piperazine rings is 1. The van der Waals surface area contributed by atoms with E-state index in [0.29, 0.717) is 23.5 Å². The number of amides is 1. The average molecular weight is 234 g/mol. The van der Waals surface area contributed by atoms with Gasteiger partial charge in [-0.05, 0) is 26.0 Å². The highest BCUT2D eigenvalue weighted by Gasteiger charge is 2.26. The van der Waals surface area contributed by atoms with E-state index < -0.39 is 5.91 Å². The van der Waals surface area contributed by atoms with Gasteiger partial charge in [0, 0.05) is 31.4 Å². The molecular formula is C12H18N4O. The second kappa shape index (κ2) is 4.71. The first-order valence-electron chi connectivity index (χ1n) is 5.84. The average Bonchev–Trinajstić information content (AvgIpc) is 2.32. The number of carbonyl (C=O) groups is 1. The molecule has 0 saturated carbocycles.